The lowest BCUT2D eigenvalue weighted by molar-refractivity contribution is -0.120. The van der Waals surface area contributed by atoms with Crippen LogP contribution >= 0.6 is 23.1 Å². The van der Waals surface area contributed by atoms with E-state index in [1.165, 1.54) is 0 Å². The molecule has 0 aliphatic carbocycles. The minimum atomic E-state index is -0.00763. The summed E-state index contributed by atoms with van der Waals surface area (Å²) >= 11 is 3.35. The second kappa shape index (κ2) is 7.19. The van der Waals surface area contributed by atoms with E-state index in [0.717, 1.165) is 22.2 Å². The Morgan fingerprint density at radius 2 is 2.47 bits per heavy atom. The predicted molar refractivity (Wildman–Crippen MR) is 73.7 cm³/mol. The second-order valence-corrected chi connectivity index (χ2v) is 5.93. The summed E-state index contributed by atoms with van der Waals surface area (Å²) in [5, 5.41) is 19.1. The molecule has 0 radical (unpaired) electrons. The third kappa shape index (κ3) is 4.95. The highest BCUT2D eigenvalue weighted by Gasteiger charge is 2.04. The first-order valence-electron chi connectivity index (χ1n) is 5.72. The first-order valence-corrected chi connectivity index (χ1v) is 7.75. The summed E-state index contributed by atoms with van der Waals surface area (Å²) < 4.78 is 0. The minimum absolute atomic E-state index is 0.00763. The van der Waals surface area contributed by atoms with E-state index in [2.05, 4.69) is 36.3 Å². The first kappa shape index (κ1) is 13.9. The lowest BCUT2D eigenvalue weighted by atomic mass is 10.4. The maximum atomic E-state index is 11.5. The number of aryl methyl sites for hydroxylation is 1. The number of nitrogens with zero attached hydrogens (tertiary/aromatic N) is 4. The van der Waals surface area contributed by atoms with Crippen molar-refractivity contribution in [2.45, 2.75) is 25.6 Å². The molecule has 2 heterocycles. The largest absolute Gasteiger partial charge is 0.349 e. The molecule has 0 aromatic carbocycles. The number of hydrogen-bond donors (Lipinski definition) is 2. The minimum Gasteiger partial charge on any atom is -0.349 e. The number of amides is 1. The summed E-state index contributed by atoms with van der Waals surface area (Å²) in [6.07, 6.45) is 0.478. The van der Waals surface area contributed by atoms with E-state index < -0.39 is 0 Å². The molecule has 102 valence electrons. The number of rotatable bonds is 7. The standard InChI is InChI=1S/C10H14N6OS2/c1-7-12-8(6-19-7)5-18-3-2-10(17)11-4-9-13-15-16-14-9/h6H,2-5H2,1H3,(H,11,17)(H,13,14,15,16). The molecule has 0 spiro atoms. The van der Waals surface area contributed by atoms with E-state index in [0.29, 0.717) is 18.8 Å². The molecule has 7 nitrogen and oxygen atoms in total. The molecule has 2 rings (SSSR count). The van der Waals surface area contributed by atoms with Crippen LogP contribution in [0.25, 0.3) is 0 Å². The van der Waals surface area contributed by atoms with Gasteiger partial charge in [-0.2, -0.15) is 17.0 Å². The van der Waals surface area contributed by atoms with Gasteiger partial charge >= 0.3 is 0 Å². The van der Waals surface area contributed by atoms with Crippen LogP contribution in [0.1, 0.15) is 22.9 Å². The Morgan fingerprint density at radius 3 is 3.16 bits per heavy atom. The van der Waals surface area contributed by atoms with Crippen molar-refractivity contribution in [3.05, 3.63) is 21.9 Å². The highest BCUT2D eigenvalue weighted by Crippen LogP contribution is 2.15. The lowest BCUT2D eigenvalue weighted by Crippen LogP contribution is -2.23. The summed E-state index contributed by atoms with van der Waals surface area (Å²) in [4.78, 5) is 15.9. The molecular weight excluding hydrogens is 284 g/mol. The van der Waals surface area contributed by atoms with Crippen molar-refractivity contribution in [3.63, 3.8) is 0 Å². The fourth-order valence-corrected chi connectivity index (χ4v) is 2.89. The average Bonchev–Trinajstić information content (AvgIpc) is 3.04. The molecule has 0 saturated heterocycles. The average molecular weight is 298 g/mol. The summed E-state index contributed by atoms with van der Waals surface area (Å²) in [6, 6.07) is 0. The maximum absolute atomic E-state index is 11.5. The van der Waals surface area contributed by atoms with Crippen LogP contribution in [0.4, 0.5) is 0 Å². The maximum Gasteiger partial charge on any atom is 0.221 e. The highest BCUT2D eigenvalue weighted by atomic mass is 32.2. The van der Waals surface area contributed by atoms with Crippen molar-refractivity contribution in [1.29, 1.82) is 0 Å². The van der Waals surface area contributed by atoms with Crippen LogP contribution in [-0.2, 0) is 17.1 Å². The van der Waals surface area contributed by atoms with Gasteiger partial charge in [-0.25, -0.2) is 4.98 Å². The van der Waals surface area contributed by atoms with Gasteiger partial charge in [0, 0.05) is 23.3 Å². The van der Waals surface area contributed by atoms with Gasteiger partial charge in [0.05, 0.1) is 17.2 Å². The Labute approximate surface area is 118 Å². The smallest absolute Gasteiger partial charge is 0.221 e. The zero-order chi connectivity index (χ0) is 13.5. The number of tetrazole rings is 1. The van der Waals surface area contributed by atoms with E-state index in [9.17, 15) is 4.79 Å². The van der Waals surface area contributed by atoms with E-state index in [1.54, 1.807) is 23.1 Å². The number of thiazole rings is 1. The zero-order valence-electron chi connectivity index (χ0n) is 10.4. The Hall–Kier alpha value is -1.48. The van der Waals surface area contributed by atoms with E-state index >= 15 is 0 Å². The molecule has 1 amide bonds. The van der Waals surface area contributed by atoms with Crippen molar-refractivity contribution in [3.8, 4) is 0 Å². The molecular formula is C10H14N6OS2. The number of carbonyl (C=O) groups excluding carboxylic acids is 1. The van der Waals surface area contributed by atoms with Gasteiger partial charge in [-0.1, -0.05) is 5.21 Å². The van der Waals surface area contributed by atoms with Crippen molar-refractivity contribution in [2.24, 2.45) is 0 Å². The molecule has 19 heavy (non-hydrogen) atoms. The van der Waals surface area contributed by atoms with Crippen LogP contribution in [0.2, 0.25) is 0 Å². The van der Waals surface area contributed by atoms with Crippen LogP contribution in [0.3, 0.4) is 0 Å². The lowest BCUT2D eigenvalue weighted by Gasteiger charge is -2.01. The third-order valence-corrected chi connectivity index (χ3v) is 4.04. The summed E-state index contributed by atoms with van der Waals surface area (Å²) in [7, 11) is 0. The van der Waals surface area contributed by atoms with Crippen LogP contribution in [-0.4, -0.2) is 37.3 Å². The van der Waals surface area contributed by atoms with Crippen LogP contribution in [0.5, 0.6) is 0 Å². The fraction of sp³-hybridized carbons (Fsp3) is 0.500. The molecule has 0 fully saturated rings. The Kier molecular flexibility index (Phi) is 5.28. The Balaban J connectivity index is 1.56. The van der Waals surface area contributed by atoms with Gasteiger partial charge in [0.2, 0.25) is 5.91 Å². The van der Waals surface area contributed by atoms with Gasteiger partial charge in [0.1, 0.15) is 0 Å². The van der Waals surface area contributed by atoms with Crippen molar-refractivity contribution in [2.75, 3.05) is 5.75 Å². The predicted octanol–water partition coefficient (Wildman–Crippen LogP) is 0.904. The molecule has 0 aliphatic heterocycles. The zero-order valence-corrected chi connectivity index (χ0v) is 12.1. The van der Waals surface area contributed by atoms with Gasteiger partial charge in [-0.15, -0.1) is 21.5 Å². The number of H-pyrrole nitrogens is 1. The van der Waals surface area contributed by atoms with Crippen molar-refractivity contribution < 1.29 is 4.79 Å². The molecule has 0 unspecified atom stereocenters. The van der Waals surface area contributed by atoms with Gasteiger partial charge in [-0.05, 0) is 6.92 Å². The molecule has 0 atom stereocenters. The first-order chi connectivity index (χ1) is 9.24. The summed E-state index contributed by atoms with van der Waals surface area (Å²) in [5.74, 6) is 2.10. The van der Waals surface area contributed by atoms with Gasteiger partial charge in [0.15, 0.2) is 5.82 Å². The molecule has 9 heteroatoms. The number of thioether (sulfide) groups is 1. The molecule has 2 N–H and O–H groups in total. The normalized spacial score (nSPS) is 10.6. The molecule has 0 aliphatic rings. The van der Waals surface area contributed by atoms with Crippen LogP contribution in [0.15, 0.2) is 5.38 Å². The number of carbonyl (C=O) groups is 1. The van der Waals surface area contributed by atoms with E-state index in [4.69, 9.17) is 0 Å². The summed E-state index contributed by atoms with van der Waals surface area (Å²) in [5.41, 5.74) is 1.08. The Morgan fingerprint density at radius 1 is 1.58 bits per heavy atom. The van der Waals surface area contributed by atoms with Gasteiger partial charge in [-0.3, -0.25) is 4.79 Å². The topological polar surface area (TPSA) is 96.5 Å². The third-order valence-electron chi connectivity index (χ3n) is 2.22. The number of nitrogens with one attached hydrogen (secondary N) is 2. The van der Waals surface area contributed by atoms with Crippen molar-refractivity contribution >= 4 is 29.0 Å². The second-order valence-electron chi connectivity index (χ2n) is 3.77. The monoisotopic (exact) mass is 298 g/mol. The molecule has 0 bridgehead atoms. The number of aromatic amines is 1. The summed E-state index contributed by atoms with van der Waals surface area (Å²) in [6.45, 7) is 2.30. The molecule has 2 aromatic heterocycles. The van der Waals surface area contributed by atoms with E-state index in [-0.39, 0.29) is 5.91 Å². The molecule has 0 saturated carbocycles. The van der Waals surface area contributed by atoms with E-state index in [1.807, 2.05) is 6.92 Å². The van der Waals surface area contributed by atoms with Crippen LogP contribution < -0.4 is 5.32 Å². The number of aromatic nitrogens is 5. The highest BCUT2D eigenvalue weighted by molar-refractivity contribution is 7.98. The van der Waals surface area contributed by atoms with Gasteiger partial charge < -0.3 is 5.32 Å². The van der Waals surface area contributed by atoms with Crippen LogP contribution in [0, 0.1) is 6.92 Å². The number of hydrogen-bond acceptors (Lipinski definition) is 7. The van der Waals surface area contributed by atoms with Gasteiger partial charge in [0.25, 0.3) is 0 Å². The molecule has 2 aromatic rings. The SMILES string of the molecule is Cc1nc(CSCCC(=O)NCc2nn[nH]n2)cs1. The fourth-order valence-electron chi connectivity index (χ4n) is 1.34. The van der Waals surface area contributed by atoms with Crippen molar-refractivity contribution in [1.82, 2.24) is 30.9 Å². The Bertz CT molecular complexity index is 512. The quantitative estimate of drug-likeness (QED) is 0.737.